The largest absolute Gasteiger partial charge is 0.481 e. The lowest BCUT2D eigenvalue weighted by Crippen LogP contribution is -2.26. The lowest BCUT2D eigenvalue weighted by Gasteiger charge is -2.06. The molecule has 1 rings (SSSR count). The molecule has 0 aliphatic rings. The zero-order valence-electron chi connectivity index (χ0n) is 11.3. The van der Waals surface area contributed by atoms with E-state index in [0.29, 0.717) is 17.9 Å². The van der Waals surface area contributed by atoms with Crippen molar-refractivity contribution in [3.63, 3.8) is 0 Å². The molecule has 106 valence electrons. The highest BCUT2D eigenvalue weighted by molar-refractivity contribution is 7.99. The van der Waals surface area contributed by atoms with E-state index in [-0.39, 0.29) is 17.6 Å². The highest BCUT2D eigenvalue weighted by atomic mass is 32.2. The SMILES string of the molecule is CC(C)c1nn(C)cc1C(=O)NCCSCC(=O)O. The van der Waals surface area contributed by atoms with Crippen molar-refractivity contribution in [2.24, 2.45) is 7.05 Å². The van der Waals surface area contributed by atoms with E-state index >= 15 is 0 Å². The fraction of sp³-hybridized carbons (Fsp3) is 0.583. The van der Waals surface area contributed by atoms with Gasteiger partial charge in [0.15, 0.2) is 0 Å². The van der Waals surface area contributed by atoms with Crippen molar-refractivity contribution < 1.29 is 14.7 Å². The van der Waals surface area contributed by atoms with Gasteiger partial charge in [0.05, 0.1) is 17.0 Å². The van der Waals surface area contributed by atoms with Gasteiger partial charge in [0.2, 0.25) is 0 Å². The van der Waals surface area contributed by atoms with E-state index < -0.39 is 5.97 Å². The van der Waals surface area contributed by atoms with Gasteiger partial charge >= 0.3 is 5.97 Å². The first-order valence-corrected chi connectivity index (χ1v) is 7.18. The monoisotopic (exact) mass is 285 g/mol. The number of carboxylic acids is 1. The van der Waals surface area contributed by atoms with E-state index in [1.165, 1.54) is 11.8 Å². The topological polar surface area (TPSA) is 84.2 Å². The summed E-state index contributed by atoms with van der Waals surface area (Å²) in [6.45, 7) is 4.42. The summed E-state index contributed by atoms with van der Waals surface area (Å²) in [5, 5.41) is 15.5. The lowest BCUT2D eigenvalue weighted by atomic mass is 10.1. The van der Waals surface area contributed by atoms with Gasteiger partial charge in [-0.05, 0) is 5.92 Å². The zero-order chi connectivity index (χ0) is 14.4. The van der Waals surface area contributed by atoms with Gasteiger partial charge in [0.1, 0.15) is 0 Å². The number of carboxylic acid groups (broad SMARTS) is 1. The van der Waals surface area contributed by atoms with Crippen molar-refractivity contribution in [2.75, 3.05) is 18.1 Å². The first-order chi connectivity index (χ1) is 8.91. The van der Waals surface area contributed by atoms with Gasteiger partial charge in [-0.25, -0.2) is 0 Å². The number of nitrogens with one attached hydrogen (secondary N) is 1. The van der Waals surface area contributed by atoms with E-state index in [1.807, 2.05) is 13.8 Å². The molecule has 0 aromatic carbocycles. The molecule has 0 saturated heterocycles. The molecule has 1 aromatic heterocycles. The van der Waals surface area contributed by atoms with Gasteiger partial charge in [-0.15, -0.1) is 11.8 Å². The van der Waals surface area contributed by atoms with Gasteiger partial charge in [0.25, 0.3) is 5.91 Å². The number of nitrogens with zero attached hydrogens (tertiary/aromatic N) is 2. The first-order valence-electron chi connectivity index (χ1n) is 6.03. The van der Waals surface area contributed by atoms with E-state index in [9.17, 15) is 9.59 Å². The van der Waals surface area contributed by atoms with Gasteiger partial charge < -0.3 is 10.4 Å². The molecule has 6 nitrogen and oxygen atoms in total. The summed E-state index contributed by atoms with van der Waals surface area (Å²) in [6.07, 6.45) is 1.70. The van der Waals surface area contributed by atoms with Crippen LogP contribution in [0.3, 0.4) is 0 Å². The number of thioether (sulfide) groups is 1. The maximum absolute atomic E-state index is 12.0. The number of hydrogen-bond donors (Lipinski definition) is 2. The summed E-state index contributed by atoms with van der Waals surface area (Å²) in [7, 11) is 1.78. The molecular weight excluding hydrogens is 266 g/mol. The summed E-state index contributed by atoms with van der Waals surface area (Å²) < 4.78 is 1.63. The van der Waals surface area contributed by atoms with Crippen molar-refractivity contribution in [2.45, 2.75) is 19.8 Å². The van der Waals surface area contributed by atoms with Gasteiger partial charge in [0, 0.05) is 25.5 Å². The molecule has 0 spiro atoms. The second-order valence-corrected chi connectivity index (χ2v) is 5.56. The Morgan fingerprint density at radius 1 is 1.53 bits per heavy atom. The average Bonchev–Trinajstić information content (AvgIpc) is 2.70. The summed E-state index contributed by atoms with van der Waals surface area (Å²) in [5.74, 6) is -0.184. The maximum atomic E-state index is 12.0. The Labute approximate surface area is 116 Å². The fourth-order valence-corrected chi connectivity index (χ4v) is 2.16. The zero-order valence-corrected chi connectivity index (χ0v) is 12.2. The number of carbonyl (C=O) groups excluding carboxylic acids is 1. The van der Waals surface area contributed by atoms with Crippen molar-refractivity contribution in [1.29, 1.82) is 0 Å². The van der Waals surface area contributed by atoms with Gasteiger partial charge in [-0.2, -0.15) is 5.10 Å². The Bertz CT molecular complexity index is 457. The standard InChI is InChI=1S/C12H19N3O3S/c1-8(2)11-9(6-15(3)14-11)12(18)13-4-5-19-7-10(16)17/h6,8H,4-5,7H2,1-3H3,(H,13,18)(H,16,17). The Morgan fingerprint density at radius 3 is 2.79 bits per heavy atom. The second-order valence-electron chi connectivity index (χ2n) is 4.46. The van der Waals surface area contributed by atoms with Crippen LogP contribution in [0.25, 0.3) is 0 Å². The van der Waals surface area contributed by atoms with Crippen LogP contribution in [0.1, 0.15) is 35.8 Å². The molecule has 7 heteroatoms. The maximum Gasteiger partial charge on any atom is 0.313 e. The number of rotatable bonds is 7. The van der Waals surface area contributed by atoms with Crippen molar-refractivity contribution in [3.05, 3.63) is 17.5 Å². The summed E-state index contributed by atoms with van der Waals surface area (Å²) >= 11 is 1.28. The average molecular weight is 285 g/mol. The first kappa shape index (κ1) is 15.6. The third kappa shape index (κ3) is 4.94. The van der Waals surface area contributed by atoms with E-state index in [1.54, 1.807) is 17.9 Å². The predicted molar refractivity (Wildman–Crippen MR) is 74.6 cm³/mol. The molecule has 0 radical (unpaired) electrons. The smallest absolute Gasteiger partial charge is 0.313 e. The fourth-order valence-electron chi connectivity index (χ4n) is 1.60. The van der Waals surface area contributed by atoms with Crippen molar-refractivity contribution >= 4 is 23.6 Å². The van der Waals surface area contributed by atoms with Crippen LogP contribution < -0.4 is 5.32 Å². The minimum absolute atomic E-state index is 0.0556. The number of carbonyl (C=O) groups is 2. The molecule has 19 heavy (non-hydrogen) atoms. The van der Waals surface area contributed by atoms with E-state index in [4.69, 9.17) is 5.11 Å². The minimum Gasteiger partial charge on any atom is -0.481 e. The summed E-state index contributed by atoms with van der Waals surface area (Å²) in [5.41, 5.74) is 1.36. The van der Waals surface area contributed by atoms with Crippen LogP contribution in [0.4, 0.5) is 0 Å². The van der Waals surface area contributed by atoms with Crippen LogP contribution in [0.5, 0.6) is 0 Å². The highest BCUT2D eigenvalue weighted by Crippen LogP contribution is 2.16. The predicted octanol–water partition coefficient (Wildman–Crippen LogP) is 1.09. The number of aliphatic carboxylic acids is 1. The van der Waals surface area contributed by atoms with E-state index in [2.05, 4.69) is 10.4 Å². The highest BCUT2D eigenvalue weighted by Gasteiger charge is 2.17. The Morgan fingerprint density at radius 2 is 2.21 bits per heavy atom. The molecular formula is C12H19N3O3S. The molecule has 0 fully saturated rings. The van der Waals surface area contributed by atoms with Crippen LogP contribution in [-0.4, -0.2) is 44.8 Å². The number of amides is 1. The van der Waals surface area contributed by atoms with E-state index in [0.717, 1.165) is 5.69 Å². The third-order valence-electron chi connectivity index (χ3n) is 2.41. The number of aromatic nitrogens is 2. The molecule has 0 aliphatic carbocycles. The van der Waals surface area contributed by atoms with Gasteiger partial charge in [-0.1, -0.05) is 13.8 Å². The van der Waals surface area contributed by atoms with Gasteiger partial charge in [-0.3, -0.25) is 14.3 Å². The number of aryl methyl sites for hydroxylation is 1. The van der Waals surface area contributed by atoms with Crippen LogP contribution >= 0.6 is 11.8 Å². The quantitative estimate of drug-likeness (QED) is 0.733. The van der Waals surface area contributed by atoms with Crippen LogP contribution in [0.2, 0.25) is 0 Å². The van der Waals surface area contributed by atoms with Crippen molar-refractivity contribution in [3.8, 4) is 0 Å². The van der Waals surface area contributed by atoms with Crippen molar-refractivity contribution in [1.82, 2.24) is 15.1 Å². The third-order valence-corrected chi connectivity index (χ3v) is 3.35. The van der Waals surface area contributed by atoms with Crippen LogP contribution in [0, 0.1) is 0 Å². The second kappa shape index (κ2) is 7.18. The molecule has 1 heterocycles. The summed E-state index contributed by atoms with van der Waals surface area (Å²) in [6, 6.07) is 0. The molecule has 0 unspecified atom stereocenters. The molecule has 0 bridgehead atoms. The molecule has 2 N–H and O–H groups in total. The molecule has 0 aliphatic heterocycles. The minimum atomic E-state index is -0.842. The number of hydrogen-bond acceptors (Lipinski definition) is 4. The molecule has 1 amide bonds. The molecule has 0 atom stereocenters. The Kier molecular flexibility index (Phi) is 5.88. The molecule has 0 saturated carbocycles. The lowest BCUT2D eigenvalue weighted by molar-refractivity contribution is -0.133. The normalized spacial score (nSPS) is 10.7. The Hall–Kier alpha value is -1.50. The summed E-state index contributed by atoms with van der Waals surface area (Å²) in [4.78, 5) is 22.3. The Balaban J connectivity index is 2.47. The van der Waals surface area contributed by atoms with Crippen LogP contribution in [-0.2, 0) is 11.8 Å². The van der Waals surface area contributed by atoms with Crippen LogP contribution in [0.15, 0.2) is 6.20 Å². The molecule has 1 aromatic rings.